The predicted molar refractivity (Wildman–Crippen MR) is 117 cm³/mol. The molecule has 3 rings (SSSR count). The van der Waals surface area contributed by atoms with E-state index >= 15 is 0 Å². The van der Waals surface area contributed by atoms with Crippen molar-refractivity contribution in [2.24, 2.45) is 5.41 Å². The molecule has 160 valence electrons. The number of hydrogen-bond acceptors (Lipinski definition) is 5. The van der Waals surface area contributed by atoms with Gasteiger partial charge in [0, 0.05) is 25.0 Å². The fraction of sp³-hybridized carbons (Fsp3) is 0.474. The van der Waals surface area contributed by atoms with Crippen molar-refractivity contribution in [2.45, 2.75) is 32.7 Å². The smallest absolute Gasteiger partial charge is 0.407 e. The Morgan fingerprint density at radius 2 is 2.07 bits per heavy atom. The first kappa shape index (κ1) is 22.8. The normalized spacial score (nSPS) is 19.8. The van der Waals surface area contributed by atoms with Gasteiger partial charge in [-0.2, -0.15) is 10.2 Å². The molecule has 2 heterocycles. The average Bonchev–Trinajstić information content (AvgIpc) is 2.65. The molecule has 1 aliphatic rings. The number of nitrogens with zero attached hydrogens (tertiary/aromatic N) is 5. The number of halogens is 4. The highest BCUT2D eigenvalue weighted by molar-refractivity contribution is 9.10. The fourth-order valence-corrected chi connectivity index (χ4v) is 4.59. The third kappa shape index (κ3) is 3.66. The molecule has 1 aromatic heterocycles. The van der Waals surface area contributed by atoms with E-state index in [4.69, 9.17) is 23.2 Å². The van der Waals surface area contributed by atoms with Crippen molar-refractivity contribution in [3.05, 3.63) is 26.7 Å². The third-order valence-electron chi connectivity index (χ3n) is 5.64. The lowest BCUT2D eigenvalue weighted by Gasteiger charge is -2.55. The van der Waals surface area contributed by atoms with Crippen LogP contribution in [-0.4, -0.2) is 51.2 Å². The molecule has 0 saturated carbocycles. The number of carbonyl (C=O) groups is 1. The zero-order valence-corrected chi connectivity index (χ0v) is 19.6. The molecule has 0 bridgehead atoms. The molecule has 7 nitrogen and oxygen atoms in total. The molecule has 30 heavy (non-hydrogen) atoms. The SMILES string of the molecule is CC(C)(C)[C@@]1(CC#N)CN(c2nc(Cl)nc3c(F)c(Br)c(Cl)cc23)CCN1C(=O)O. The maximum atomic E-state index is 14.8. The van der Waals surface area contributed by atoms with Crippen molar-refractivity contribution < 1.29 is 14.3 Å². The fourth-order valence-electron chi connectivity index (χ4n) is 3.93. The average molecular weight is 519 g/mol. The molecule has 1 N–H and O–H groups in total. The van der Waals surface area contributed by atoms with Crippen LogP contribution >= 0.6 is 39.1 Å². The van der Waals surface area contributed by atoms with E-state index in [2.05, 4.69) is 32.0 Å². The van der Waals surface area contributed by atoms with Gasteiger partial charge in [-0.15, -0.1) is 0 Å². The zero-order chi connectivity index (χ0) is 22.4. The second-order valence-corrected chi connectivity index (χ2v) is 9.71. The maximum Gasteiger partial charge on any atom is 0.407 e. The van der Waals surface area contributed by atoms with Crippen LogP contribution in [0.15, 0.2) is 10.5 Å². The molecule has 2 aromatic rings. The lowest BCUT2D eigenvalue weighted by Crippen LogP contribution is -2.69. The number of piperazine rings is 1. The molecule has 0 spiro atoms. The molecular formula is C19H19BrCl2FN5O2. The summed E-state index contributed by atoms with van der Waals surface area (Å²) in [4.78, 5) is 23.5. The van der Waals surface area contributed by atoms with Crippen LogP contribution in [0.25, 0.3) is 10.9 Å². The van der Waals surface area contributed by atoms with Gasteiger partial charge in [0.25, 0.3) is 0 Å². The zero-order valence-electron chi connectivity index (χ0n) is 16.5. The van der Waals surface area contributed by atoms with Crippen LogP contribution in [0.2, 0.25) is 10.3 Å². The van der Waals surface area contributed by atoms with Crippen LogP contribution in [0.4, 0.5) is 15.0 Å². The lowest BCUT2D eigenvalue weighted by atomic mass is 9.69. The Morgan fingerprint density at radius 1 is 1.40 bits per heavy atom. The van der Waals surface area contributed by atoms with Gasteiger partial charge >= 0.3 is 6.09 Å². The molecule has 1 aromatic carbocycles. The number of rotatable bonds is 2. The molecule has 1 amide bonds. The minimum absolute atomic E-state index is 0.00332. The number of fused-ring (bicyclic) bond motifs is 1. The van der Waals surface area contributed by atoms with E-state index in [1.54, 1.807) is 6.07 Å². The number of hydrogen-bond donors (Lipinski definition) is 1. The summed E-state index contributed by atoms with van der Waals surface area (Å²) in [5, 5.41) is 19.7. The number of aromatic nitrogens is 2. The summed E-state index contributed by atoms with van der Waals surface area (Å²) in [6, 6.07) is 3.68. The van der Waals surface area contributed by atoms with E-state index in [0.717, 1.165) is 0 Å². The van der Waals surface area contributed by atoms with Gasteiger partial charge in [0.1, 0.15) is 11.3 Å². The minimum atomic E-state index is -1.09. The Hall–Kier alpha value is -1.89. The lowest BCUT2D eigenvalue weighted by molar-refractivity contribution is -0.00275. The molecule has 0 aliphatic carbocycles. The highest BCUT2D eigenvalue weighted by Gasteiger charge is 2.52. The predicted octanol–water partition coefficient (Wildman–Crippen LogP) is 5.34. The Kier molecular flexibility index (Phi) is 6.07. The molecule has 1 atom stereocenters. The Balaban J connectivity index is 2.21. The van der Waals surface area contributed by atoms with Gasteiger partial charge in [-0.05, 0) is 39.0 Å². The van der Waals surface area contributed by atoms with Gasteiger partial charge in [-0.3, -0.25) is 4.90 Å². The van der Waals surface area contributed by atoms with Crippen LogP contribution in [0.3, 0.4) is 0 Å². The monoisotopic (exact) mass is 517 g/mol. The first-order valence-corrected chi connectivity index (χ1v) is 10.6. The molecule has 1 saturated heterocycles. The second-order valence-electron chi connectivity index (χ2n) is 8.17. The Labute approximate surface area is 191 Å². The van der Waals surface area contributed by atoms with Crippen molar-refractivity contribution in [3.8, 4) is 6.07 Å². The van der Waals surface area contributed by atoms with E-state index < -0.39 is 22.9 Å². The van der Waals surface area contributed by atoms with Crippen molar-refractivity contribution in [3.63, 3.8) is 0 Å². The highest BCUT2D eigenvalue weighted by atomic mass is 79.9. The topological polar surface area (TPSA) is 93.4 Å². The van der Waals surface area contributed by atoms with Crippen molar-refractivity contribution >= 4 is 61.9 Å². The minimum Gasteiger partial charge on any atom is -0.465 e. The van der Waals surface area contributed by atoms with Gasteiger partial charge in [-0.1, -0.05) is 32.4 Å². The molecule has 11 heteroatoms. The Bertz CT molecular complexity index is 1070. The van der Waals surface area contributed by atoms with Gasteiger partial charge < -0.3 is 10.0 Å². The van der Waals surface area contributed by atoms with Crippen molar-refractivity contribution in [1.29, 1.82) is 5.26 Å². The Morgan fingerprint density at radius 3 is 2.63 bits per heavy atom. The molecule has 1 fully saturated rings. The van der Waals surface area contributed by atoms with Crippen LogP contribution < -0.4 is 4.90 Å². The molecular weight excluding hydrogens is 500 g/mol. The second kappa shape index (κ2) is 7.98. The number of carboxylic acid groups (broad SMARTS) is 1. The van der Waals surface area contributed by atoms with Crippen molar-refractivity contribution in [1.82, 2.24) is 14.9 Å². The van der Waals surface area contributed by atoms with E-state index in [-0.39, 0.29) is 46.4 Å². The number of benzene rings is 1. The van der Waals surface area contributed by atoms with E-state index in [1.807, 2.05) is 25.7 Å². The van der Waals surface area contributed by atoms with Crippen LogP contribution in [0, 0.1) is 22.6 Å². The summed E-state index contributed by atoms with van der Waals surface area (Å²) < 4.78 is 14.9. The summed E-state index contributed by atoms with van der Waals surface area (Å²) in [6.45, 7) is 6.28. The first-order valence-electron chi connectivity index (χ1n) is 9.06. The summed E-state index contributed by atoms with van der Waals surface area (Å²) in [7, 11) is 0. The number of nitriles is 1. The first-order chi connectivity index (χ1) is 13.9. The van der Waals surface area contributed by atoms with Crippen molar-refractivity contribution in [2.75, 3.05) is 24.5 Å². The van der Waals surface area contributed by atoms with Gasteiger partial charge in [-0.25, -0.2) is 14.2 Å². The van der Waals surface area contributed by atoms with E-state index in [0.29, 0.717) is 11.2 Å². The summed E-state index contributed by atoms with van der Waals surface area (Å²) >= 11 is 15.4. The van der Waals surface area contributed by atoms with E-state index in [9.17, 15) is 19.6 Å². The van der Waals surface area contributed by atoms with Crippen LogP contribution in [-0.2, 0) is 0 Å². The van der Waals surface area contributed by atoms with Gasteiger partial charge in [0.15, 0.2) is 5.82 Å². The van der Waals surface area contributed by atoms with Crippen LogP contribution in [0.5, 0.6) is 0 Å². The van der Waals surface area contributed by atoms with Gasteiger partial charge in [0.2, 0.25) is 5.28 Å². The third-order valence-corrected chi connectivity index (χ3v) is 7.11. The van der Waals surface area contributed by atoms with Gasteiger partial charge in [0.05, 0.1) is 27.5 Å². The standard InChI is InChI=1S/C19H19BrCl2FN5O2/c1-18(2,3)19(4-5-24)9-27(6-7-28(19)17(29)30)15-10-8-11(21)12(20)13(23)14(10)25-16(22)26-15/h8H,4,6-7,9H2,1-3H3,(H,29,30)/t19-/m1/s1. The summed E-state index contributed by atoms with van der Waals surface area (Å²) in [6.07, 6.45) is -1.11. The summed E-state index contributed by atoms with van der Waals surface area (Å²) in [5.41, 5.74) is -1.59. The summed E-state index contributed by atoms with van der Waals surface area (Å²) in [5.74, 6) is -0.318. The maximum absolute atomic E-state index is 14.8. The molecule has 0 unspecified atom stereocenters. The molecule has 1 aliphatic heterocycles. The largest absolute Gasteiger partial charge is 0.465 e. The van der Waals surface area contributed by atoms with Crippen LogP contribution in [0.1, 0.15) is 27.2 Å². The molecule has 0 radical (unpaired) electrons. The number of anilines is 1. The van der Waals surface area contributed by atoms with E-state index in [1.165, 1.54) is 4.90 Å². The highest BCUT2D eigenvalue weighted by Crippen LogP contribution is 2.43. The number of amides is 1. The quantitative estimate of drug-likeness (QED) is 0.426.